The molecule has 0 unspecified atom stereocenters. The van der Waals surface area contributed by atoms with E-state index in [0.29, 0.717) is 26.3 Å². The maximum atomic E-state index is 13.4. The molecule has 0 bridgehead atoms. The largest absolute Gasteiger partial charge is 0.462 e. The van der Waals surface area contributed by atoms with Crippen molar-refractivity contribution >= 4 is 49.8 Å². The number of hydrogen-bond acceptors (Lipinski definition) is 7. The molecule has 5 aromatic rings. The maximum absolute atomic E-state index is 13.4. The molecule has 0 aliphatic heterocycles. The zero-order valence-electron chi connectivity index (χ0n) is 20.2. The molecular weight excluding hydrogens is 506 g/mol. The zero-order chi connectivity index (χ0) is 25.9. The third-order valence-electron chi connectivity index (χ3n) is 5.85. The minimum atomic E-state index is -0.515. The molecule has 0 saturated heterocycles. The van der Waals surface area contributed by atoms with Gasteiger partial charge in [0.1, 0.15) is 21.9 Å². The van der Waals surface area contributed by atoms with E-state index in [2.05, 4.69) is 10.3 Å². The third-order valence-corrected chi connectivity index (χ3v) is 7.63. The van der Waals surface area contributed by atoms with Crippen LogP contribution in [0.1, 0.15) is 22.8 Å². The van der Waals surface area contributed by atoms with Gasteiger partial charge in [0.05, 0.1) is 18.3 Å². The molecule has 3 heterocycles. The number of aromatic nitrogens is 2. The van der Waals surface area contributed by atoms with Crippen LogP contribution in [0.4, 0.5) is 5.00 Å². The molecule has 0 fully saturated rings. The van der Waals surface area contributed by atoms with Gasteiger partial charge >= 0.3 is 5.97 Å². The first-order valence-electron chi connectivity index (χ1n) is 11.6. The van der Waals surface area contributed by atoms with Gasteiger partial charge in [0, 0.05) is 21.9 Å². The number of thiophene rings is 2. The number of carbonyl (C=O) groups excluding carboxylic acids is 2. The van der Waals surface area contributed by atoms with Gasteiger partial charge in [0.25, 0.3) is 5.56 Å². The number of carbonyl (C=O) groups is 2. The van der Waals surface area contributed by atoms with Crippen molar-refractivity contribution in [2.45, 2.75) is 20.4 Å². The molecule has 9 heteroatoms. The molecule has 0 atom stereocenters. The van der Waals surface area contributed by atoms with Crippen LogP contribution in [0.25, 0.3) is 32.5 Å². The smallest absolute Gasteiger partial charge is 0.341 e. The van der Waals surface area contributed by atoms with Crippen LogP contribution in [0.2, 0.25) is 0 Å². The summed E-state index contributed by atoms with van der Waals surface area (Å²) < 4.78 is 6.55. The van der Waals surface area contributed by atoms with E-state index >= 15 is 0 Å². The second-order valence-corrected chi connectivity index (χ2v) is 10.1. The molecule has 1 amide bonds. The van der Waals surface area contributed by atoms with E-state index in [4.69, 9.17) is 4.74 Å². The van der Waals surface area contributed by atoms with Crippen molar-refractivity contribution < 1.29 is 14.3 Å². The minimum absolute atomic E-state index is 0.210. The zero-order valence-corrected chi connectivity index (χ0v) is 21.8. The second kappa shape index (κ2) is 10.5. The molecule has 0 radical (unpaired) electrons. The first kappa shape index (κ1) is 24.6. The number of fused-ring (bicyclic) bond motifs is 1. The summed E-state index contributed by atoms with van der Waals surface area (Å²) in [6, 6.07) is 17.4. The topological polar surface area (TPSA) is 90.3 Å². The lowest BCUT2D eigenvalue weighted by Gasteiger charge is -2.10. The molecule has 186 valence electrons. The molecule has 2 aromatic carbocycles. The number of benzene rings is 2. The monoisotopic (exact) mass is 529 g/mol. The number of ether oxygens (including phenoxy) is 1. The van der Waals surface area contributed by atoms with E-state index in [-0.39, 0.29) is 18.7 Å². The third kappa shape index (κ3) is 4.96. The van der Waals surface area contributed by atoms with Crippen molar-refractivity contribution in [1.29, 1.82) is 0 Å². The van der Waals surface area contributed by atoms with Crippen LogP contribution >= 0.6 is 22.7 Å². The van der Waals surface area contributed by atoms with Gasteiger partial charge in [0.2, 0.25) is 5.91 Å². The molecule has 0 aliphatic rings. The number of hydrogen-bond donors (Lipinski definition) is 1. The van der Waals surface area contributed by atoms with Gasteiger partial charge in [0.15, 0.2) is 0 Å². The Morgan fingerprint density at radius 2 is 1.68 bits per heavy atom. The van der Waals surface area contributed by atoms with Crippen LogP contribution in [0.3, 0.4) is 0 Å². The average Bonchev–Trinajstić information content (AvgIpc) is 3.52. The van der Waals surface area contributed by atoms with Crippen LogP contribution in [0, 0.1) is 6.92 Å². The molecule has 1 N–H and O–H groups in total. The van der Waals surface area contributed by atoms with Crippen molar-refractivity contribution in [2.75, 3.05) is 11.9 Å². The Labute approximate surface area is 221 Å². The lowest BCUT2D eigenvalue weighted by Crippen LogP contribution is -2.28. The lowest BCUT2D eigenvalue weighted by atomic mass is 10.0. The SMILES string of the molecule is CCOC(=O)c1c(-c2ccccc2)csc1NC(=O)Cn1cnc2scc(-c3ccc(C)cc3)c2c1=O. The molecular formula is C28H23N3O4S2. The highest BCUT2D eigenvalue weighted by atomic mass is 32.1. The van der Waals surface area contributed by atoms with E-state index in [9.17, 15) is 14.4 Å². The fourth-order valence-corrected chi connectivity index (χ4v) is 5.91. The molecule has 3 aromatic heterocycles. The number of amides is 1. The summed E-state index contributed by atoms with van der Waals surface area (Å²) in [6.07, 6.45) is 1.38. The summed E-state index contributed by atoms with van der Waals surface area (Å²) >= 11 is 2.63. The Kier molecular flexibility index (Phi) is 6.98. The highest BCUT2D eigenvalue weighted by Gasteiger charge is 2.23. The van der Waals surface area contributed by atoms with Crippen molar-refractivity contribution in [3.8, 4) is 22.3 Å². The minimum Gasteiger partial charge on any atom is -0.462 e. The first-order valence-corrected chi connectivity index (χ1v) is 13.4. The summed E-state index contributed by atoms with van der Waals surface area (Å²) in [5.41, 5.74) is 4.37. The van der Waals surface area contributed by atoms with Crippen molar-refractivity contribution in [1.82, 2.24) is 9.55 Å². The molecule has 5 rings (SSSR count). The summed E-state index contributed by atoms with van der Waals surface area (Å²) in [6.45, 7) is 3.70. The van der Waals surface area contributed by atoms with Crippen LogP contribution in [0.15, 0.2) is 76.5 Å². The highest BCUT2D eigenvalue weighted by Crippen LogP contribution is 2.36. The molecule has 0 aliphatic carbocycles. The normalized spacial score (nSPS) is 11.0. The standard InChI is InChI=1S/C28H23N3O4S2/c1-3-35-28(34)24-21(18-7-5-4-6-8-18)15-37-26(24)30-22(32)13-31-16-29-25-23(27(31)33)20(14-36-25)19-11-9-17(2)10-12-19/h4-12,14-16H,3,13H2,1-2H3,(H,30,32). The number of esters is 1. The van der Waals surface area contributed by atoms with Crippen LogP contribution in [-0.2, 0) is 16.1 Å². The predicted molar refractivity (Wildman–Crippen MR) is 148 cm³/mol. The quantitative estimate of drug-likeness (QED) is 0.262. The van der Waals surface area contributed by atoms with Crippen molar-refractivity contribution in [3.63, 3.8) is 0 Å². The van der Waals surface area contributed by atoms with Gasteiger partial charge < -0.3 is 10.1 Å². The highest BCUT2D eigenvalue weighted by molar-refractivity contribution is 7.17. The fraction of sp³-hybridized carbons (Fsp3) is 0.143. The Morgan fingerprint density at radius 3 is 2.41 bits per heavy atom. The molecule has 7 nitrogen and oxygen atoms in total. The molecule has 0 spiro atoms. The molecule has 37 heavy (non-hydrogen) atoms. The Balaban J connectivity index is 1.44. The lowest BCUT2D eigenvalue weighted by molar-refractivity contribution is -0.116. The first-order chi connectivity index (χ1) is 18.0. The predicted octanol–water partition coefficient (Wildman–Crippen LogP) is 5.98. The Hall–Kier alpha value is -4.08. The van der Waals surface area contributed by atoms with Crippen LogP contribution in [-0.4, -0.2) is 28.0 Å². The van der Waals surface area contributed by atoms with E-state index in [0.717, 1.165) is 22.3 Å². The summed E-state index contributed by atoms with van der Waals surface area (Å²) in [5, 5.41) is 7.39. The van der Waals surface area contributed by atoms with Gasteiger partial charge in [-0.3, -0.25) is 14.2 Å². The van der Waals surface area contributed by atoms with Crippen LogP contribution in [0.5, 0.6) is 0 Å². The summed E-state index contributed by atoms with van der Waals surface area (Å²) in [5.74, 6) is -0.957. The van der Waals surface area contributed by atoms with E-state index in [1.807, 2.05) is 72.3 Å². The summed E-state index contributed by atoms with van der Waals surface area (Å²) in [7, 11) is 0. The van der Waals surface area contributed by atoms with E-state index in [1.165, 1.54) is 33.6 Å². The number of rotatable bonds is 7. The summed E-state index contributed by atoms with van der Waals surface area (Å²) in [4.78, 5) is 44.2. The van der Waals surface area contributed by atoms with Gasteiger partial charge in [-0.05, 0) is 25.0 Å². The average molecular weight is 530 g/mol. The Bertz CT molecular complexity index is 1650. The van der Waals surface area contributed by atoms with Crippen molar-refractivity contribution in [2.24, 2.45) is 0 Å². The van der Waals surface area contributed by atoms with Gasteiger partial charge in [-0.2, -0.15) is 0 Å². The van der Waals surface area contributed by atoms with Gasteiger partial charge in [-0.25, -0.2) is 9.78 Å². The van der Waals surface area contributed by atoms with Crippen molar-refractivity contribution in [3.05, 3.63) is 93.2 Å². The van der Waals surface area contributed by atoms with Crippen LogP contribution < -0.4 is 10.9 Å². The number of nitrogens with zero attached hydrogens (tertiary/aromatic N) is 2. The maximum Gasteiger partial charge on any atom is 0.341 e. The fourth-order valence-electron chi connectivity index (χ4n) is 4.03. The molecule has 0 saturated carbocycles. The van der Waals surface area contributed by atoms with E-state index < -0.39 is 11.9 Å². The number of anilines is 1. The van der Waals surface area contributed by atoms with Gasteiger partial charge in [-0.1, -0.05) is 60.2 Å². The second-order valence-electron chi connectivity index (χ2n) is 8.36. The Morgan fingerprint density at radius 1 is 0.973 bits per heavy atom. The van der Waals surface area contributed by atoms with E-state index in [1.54, 1.807) is 6.92 Å². The van der Waals surface area contributed by atoms with Gasteiger partial charge in [-0.15, -0.1) is 22.7 Å². The number of nitrogens with one attached hydrogen (secondary N) is 1. The number of aryl methyl sites for hydroxylation is 1.